The van der Waals surface area contributed by atoms with Crippen molar-refractivity contribution in [2.75, 3.05) is 39.9 Å². The average Bonchev–Trinajstić information content (AvgIpc) is 3.27. The quantitative estimate of drug-likeness (QED) is 0.399. The van der Waals surface area contributed by atoms with E-state index in [1.807, 2.05) is 25.1 Å². The lowest BCUT2D eigenvalue weighted by molar-refractivity contribution is -0.386. The Balaban J connectivity index is 1.47. The topological polar surface area (TPSA) is 135 Å². The third-order valence-corrected chi connectivity index (χ3v) is 7.54. The molecule has 0 atom stereocenters. The van der Waals surface area contributed by atoms with Crippen LogP contribution in [0, 0.1) is 10.1 Å². The molecule has 0 aliphatic carbocycles. The molecule has 1 aliphatic rings. The number of aromatic nitrogens is 1. The number of nitro benzene ring substituents is 1. The molecule has 12 heteroatoms. The molecule has 180 valence electrons. The summed E-state index contributed by atoms with van der Waals surface area (Å²) >= 11 is 0. The van der Waals surface area contributed by atoms with Gasteiger partial charge in [0.05, 0.1) is 23.5 Å². The number of nitro groups is 1. The van der Waals surface area contributed by atoms with Crippen LogP contribution in [0.4, 0.5) is 5.69 Å². The summed E-state index contributed by atoms with van der Waals surface area (Å²) in [4.78, 5) is 28.1. The molecule has 1 fully saturated rings. The number of methoxy groups -OCH3 is 1. The van der Waals surface area contributed by atoms with Gasteiger partial charge in [0.25, 0.3) is 5.91 Å². The molecule has 0 bridgehead atoms. The summed E-state index contributed by atoms with van der Waals surface area (Å²) in [5.41, 5.74) is 0.756. The van der Waals surface area contributed by atoms with E-state index in [1.54, 1.807) is 11.0 Å². The van der Waals surface area contributed by atoms with Crippen molar-refractivity contribution >= 4 is 32.5 Å². The van der Waals surface area contributed by atoms with Gasteiger partial charge in [-0.15, -0.1) is 0 Å². The van der Waals surface area contributed by atoms with Crippen molar-refractivity contribution in [2.45, 2.75) is 11.8 Å². The molecule has 2 heterocycles. The van der Waals surface area contributed by atoms with Crippen LogP contribution in [0.2, 0.25) is 0 Å². The van der Waals surface area contributed by atoms with Gasteiger partial charge in [0.1, 0.15) is 11.4 Å². The third kappa shape index (κ3) is 4.41. The minimum atomic E-state index is -3.97. The largest absolute Gasteiger partial charge is 0.494 e. The van der Waals surface area contributed by atoms with Crippen LogP contribution >= 0.6 is 0 Å². The normalized spacial score (nSPS) is 14.8. The Morgan fingerprint density at radius 2 is 1.85 bits per heavy atom. The maximum absolute atomic E-state index is 13.1. The van der Waals surface area contributed by atoms with Crippen molar-refractivity contribution in [3.05, 3.63) is 58.3 Å². The van der Waals surface area contributed by atoms with Gasteiger partial charge in [0.15, 0.2) is 5.75 Å². The number of fused-ring (bicyclic) bond motifs is 1. The number of carbonyl (C=O) groups excluding carboxylic acids is 1. The Morgan fingerprint density at radius 1 is 1.12 bits per heavy atom. The molecule has 0 radical (unpaired) electrons. The third-order valence-electron chi connectivity index (χ3n) is 5.65. The van der Waals surface area contributed by atoms with Gasteiger partial charge in [-0.2, -0.15) is 4.31 Å². The summed E-state index contributed by atoms with van der Waals surface area (Å²) < 4.78 is 37.8. The number of rotatable bonds is 7. The number of piperazine rings is 1. The van der Waals surface area contributed by atoms with E-state index in [0.29, 0.717) is 18.1 Å². The fourth-order valence-corrected chi connectivity index (χ4v) is 5.34. The van der Waals surface area contributed by atoms with Gasteiger partial charge in [0, 0.05) is 49.2 Å². The molecule has 0 spiro atoms. The monoisotopic (exact) mass is 488 g/mol. The van der Waals surface area contributed by atoms with E-state index in [9.17, 15) is 23.3 Å². The summed E-state index contributed by atoms with van der Waals surface area (Å²) in [6, 6.07) is 10.8. The summed E-state index contributed by atoms with van der Waals surface area (Å²) in [5, 5.41) is 12.1. The summed E-state index contributed by atoms with van der Waals surface area (Å²) in [7, 11) is -2.70. The first kappa shape index (κ1) is 23.5. The molecule has 0 saturated carbocycles. The van der Waals surface area contributed by atoms with Crippen molar-refractivity contribution in [1.82, 2.24) is 14.2 Å². The number of nitrogens with zero attached hydrogens (tertiary/aromatic N) is 3. The number of ether oxygens (including phenoxy) is 2. The molecular formula is C22H24N4O7S. The molecule has 11 nitrogen and oxygen atoms in total. The Labute approximate surface area is 196 Å². The van der Waals surface area contributed by atoms with E-state index in [2.05, 4.69) is 4.98 Å². The van der Waals surface area contributed by atoms with Crippen LogP contribution in [0.25, 0.3) is 10.9 Å². The highest BCUT2D eigenvalue weighted by Gasteiger charge is 2.32. The fraction of sp³-hybridized carbons (Fsp3) is 0.318. The number of hydrogen-bond acceptors (Lipinski definition) is 7. The minimum absolute atomic E-state index is 0.0221. The van der Waals surface area contributed by atoms with E-state index in [4.69, 9.17) is 9.47 Å². The molecule has 1 aliphatic heterocycles. The van der Waals surface area contributed by atoms with Gasteiger partial charge < -0.3 is 19.4 Å². The zero-order valence-corrected chi connectivity index (χ0v) is 19.5. The second-order valence-electron chi connectivity index (χ2n) is 7.65. The van der Waals surface area contributed by atoms with Crippen LogP contribution in [0.3, 0.4) is 0 Å². The maximum atomic E-state index is 13.1. The molecule has 3 aromatic rings. The van der Waals surface area contributed by atoms with Crippen LogP contribution in [0.1, 0.15) is 17.4 Å². The fourth-order valence-electron chi connectivity index (χ4n) is 3.90. The van der Waals surface area contributed by atoms with Crippen molar-refractivity contribution < 1.29 is 27.6 Å². The summed E-state index contributed by atoms with van der Waals surface area (Å²) in [5.74, 6) is 0.450. The van der Waals surface area contributed by atoms with Crippen LogP contribution in [-0.2, 0) is 10.0 Å². The smallest absolute Gasteiger partial charge is 0.312 e. The van der Waals surface area contributed by atoms with Gasteiger partial charge in [-0.05, 0) is 37.3 Å². The van der Waals surface area contributed by atoms with Crippen molar-refractivity contribution in [3.8, 4) is 11.5 Å². The Bertz CT molecular complexity index is 1340. The number of hydrogen-bond donors (Lipinski definition) is 1. The van der Waals surface area contributed by atoms with Crippen LogP contribution in [-0.4, -0.2) is 73.3 Å². The number of aromatic amines is 1. The number of H-pyrrole nitrogens is 1. The first-order chi connectivity index (χ1) is 16.2. The predicted molar refractivity (Wildman–Crippen MR) is 124 cm³/mol. The Morgan fingerprint density at radius 3 is 2.50 bits per heavy atom. The lowest BCUT2D eigenvalue weighted by atomic mass is 10.2. The molecule has 1 aromatic heterocycles. The molecular weight excluding hydrogens is 464 g/mol. The van der Waals surface area contributed by atoms with Crippen molar-refractivity contribution in [2.24, 2.45) is 0 Å². The van der Waals surface area contributed by atoms with Gasteiger partial charge in [0.2, 0.25) is 10.0 Å². The first-order valence-corrected chi connectivity index (χ1v) is 12.1. The second kappa shape index (κ2) is 9.31. The van der Waals surface area contributed by atoms with Crippen molar-refractivity contribution in [1.29, 1.82) is 0 Å². The number of benzene rings is 2. The summed E-state index contributed by atoms with van der Waals surface area (Å²) in [6.45, 7) is 2.95. The van der Waals surface area contributed by atoms with Gasteiger partial charge in [-0.25, -0.2) is 8.42 Å². The number of sulfonamides is 1. The molecule has 1 amide bonds. The number of amides is 1. The van der Waals surface area contributed by atoms with Gasteiger partial charge in [-0.1, -0.05) is 0 Å². The lowest BCUT2D eigenvalue weighted by Crippen LogP contribution is -2.50. The van der Waals surface area contributed by atoms with Gasteiger partial charge in [-0.3, -0.25) is 14.9 Å². The summed E-state index contributed by atoms with van der Waals surface area (Å²) in [6.07, 6.45) is 0. The lowest BCUT2D eigenvalue weighted by Gasteiger charge is -2.33. The highest BCUT2D eigenvalue weighted by molar-refractivity contribution is 7.89. The molecule has 4 rings (SSSR count). The Kier molecular flexibility index (Phi) is 6.44. The maximum Gasteiger partial charge on any atom is 0.312 e. The molecule has 2 aromatic carbocycles. The number of carbonyl (C=O) groups is 1. The minimum Gasteiger partial charge on any atom is -0.494 e. The van der Waals surface area contributed by atoms with Gasteiger partial charge >= 0.3 is 5.69 Å². The first-order valence-electron chi connectivity index (χ1n) is 10.6. The highest BCUT2D eigenvalue weighted by atomic mass is 32.2. The van der Waals surface area contributed by atoms with Crippen LogP contribution in [0.15, 0.2) is 47.4 Å². The van der Waals surface area contributed by atoms with E-state index in [0.717, 1.165) is 17.0 Å². The zero-order valence-electron chi connectivity index (χ0n) is 18.7. The SMILES string of the molecule is CCOc1ccc2cc(C(=O)N3CCN(S(=O)(=O)c4ccc(OC)c([N+](=O)[O-])c4)CC3)[nH]c2c1. The highest BCUT2D eigenvalue weighted by Crippen LogP contribution is 2.31. The van der Waals surface area contributed by atoms with Crippen LogP contribution < -0.4 is 9.47 Å². The van der Waals surface area contributed by atoms with Crippen molar-refractivity contribution in [3.63, 3.8) is 0 Å². The van der Waals surface area contributed by atoms with E-state index in [-0.39, 0.29) is 42.7 Å². The average molecular weight is 489 g/mol. The Hall–Kier alpha value is -3.64. The molecule has 1 N–H and O–H groups in total. The van der Waals surface area contributed by atoms with E-state index >= 15 is 0 Å². The van der Waals surface area contributed by atoms with E-state index < -0.39 is 20.6 Å². The molecule has 34 heavy (non-hydrogen) atoms. The zero-order chi connectivity index (χ0) is 24.5. The number of nitrogens with one attached hydrogen (secondary N) is 1. The van der Waals surface area contributed by atoms with E-state index in [1.165, 1.54) is 23.5 Å². The molecule has 1 saturated heterocycles. The molecule has 0 unspecified atom stereocenters. The standard InChI is InChI=1S/C22H24N4O7S/c1-3-33-16-5-4-15-12-19(23-18(15)13-16)22(27)24-8-10-25(11-9-24)34(30,31)17-6-7-21(32-2)20(14-17)26(28)29/h4-7,12-14,23H,3,8-11H2,1-2H3. The van der Waals surface area contributed by atoms with Crippen LogP contribution in [0.5, 0.6) is 11.5 Å². The second-order valence-corrected chi connectivity index (χ2v) is 9.59. The predicted octanol–water partition coefficient (Wildman–Crippen LogP) is 2.63.